The van der Waals surface area contributed by atoms with Gasteiger partial charge in [0.15, 0.2) is 11.9 Å². The Morgan fingerprint density at radius 2 is 1.16 bits per heavy atom. The molecule has 0 saturated carbocycles. The van der Waals surface area contributed by atoms with Crippen molar-refractivity contribution in [2.75, 3.05) is 35.2 Å². The summed E-state index contributed by atoms with van der Waals surface area (Å²) in [5.41, 5.74) is 11.3. The SMILES string of the molecule is N=C(N)NCCC[C@H](NC(=O)CS)C(=O)Nc1cccc(NC(=O)[C@H](CCCNC(=N)N)NC(=O)CS)c1. The van der Waals surface area contributed by atoms with Crippen LogP contribution in [0.1, 0.15) is 25.7 Å². The highest BCUT2D eigenvalue weighted by Gasteiger charge is 2.22. The molecule has 0 heterocycles. The van der Waals surface area contributed by atoms with Crippen molar-refractivity contribution < 1.29 is 19.2 Å². The highest BCUT2D eigenvalue weighted by Crippen LogP contribution is 2.17. The number of guanidine groups is 2. The van der Waals surface area contributed by atoms with Gasteiger partial charge in [-0.15, -0.1) is 0 Å². The predicted molar refractivity (Wildman–Crippen MR) is 154 cm³/mol. The maximum absolute atomic E-state index is 12.9. The Kier molecular flexibility index (Phi) is 15.1. The third-order valence-corrected chi connectivity index (χ3v) is 5.53. The van der Waals surface area contributed by atoms with Gasteiger partial charge < -0.3 is 43.4 Å². The Balaban J connectivity index is 2.85. The van der Waals surface area contributed by atoms with Crippen LogP contribution < -0.4 is 43.4 Å². The van der Waals surface area contributed by atoms with E-state index in [1.54, 1.807) is 24.3 Å². The molecule has 38 heavy (non-hydrogen) atoms. The predicted octanol–water partition coefficient (Wildman–Crippen LogP) is -1.08. The smallest absolute Gasteiger partial charge is 0.246 e. The topological polar surface area (TPSA) is 240 Å². The summed E-state index contributed by atoms with van der Waals surface area (Å²) in [6.07, 6.45) is 1.49. The average molecular weight is 569 g/mol. The van der Waals surface area contributed by atoms with Crippen LogP contribution in [0.15, 0.2) is 24.3 Å². The lowest BCUT2D eigenvalue weighted by Crippen LogP contribution is -2.45. The number of nitrogens with two attached hydrogens (primary N) is 2. The maximum Gasteiger partial charge on any atom is 0.246 e. The molecule has 0 aliphatic rings. The van der Waals surface area contributed by atoms with Gasteiger partial charge in [0.2, 0.25) is 23.6 Å². The summed E-state index contributed by atoms with van der Waals surface area (Å²) in [7, 11) is 0. The van der Waals surface area contributed by atoms with Gasteiger partial charge >= 0.3 is 0 Å². The fourth-order valence-electron chi connectivity index (χ4n) is 3.21. The molecule has 0 unspecified atom stereocenters. The standard InChI is InChI=1S/C22H36N10O4S2/c23-21(24)27-8-2-6-15(31-17(33)11-37)19(35)29-13-4-1-5-14(10-13)30-20(36)16(32-18(34)12-38)7-3-9-28-22(25)26/h1,4-5,10,15-16,37-38H,2-3,6-9,11-12H2,(H,29,35)(H,30,36)(H,31,33)(H,32,34)(H4,23,24,27)(H4,25,26,28)/t15-,16-/m0/s1. The monoisotopic (exact) mass is 568 g/mol. The number of rotatable bonds is 16. The molecule has 0 aliphatic carbocycles. The molecule has 0 fully saturated rings. The van der Waals surface area contributed by atoms with Gasteiger partial charge in [-0.1, -0.05) is 6.07 Å². The third-order valence-electron chi connectivity index (χ3n) is 4.96. The van der Waals surface area contributed by atoms with Gasteiger partial charge in [0.05, 0.1) is 11.5 Å². The minimum atomic E-state index is -0.855. The van der Waals surface area contributed by atoms with E-state index >= 15 is 0 Å². The Bertz CT molecular complexity index is 921. The zero-order valence-electron chi connectivity index (χ0n) is 20.8. The number of amides is 4. The molecular weight excluding hydrogens is 532 g/mol. The number of carbonyl (C=O) groups excluding carboxylic acids is 4. The molecule has 2 atom stereocenters. The van der Waals surface area contributed by atoms with E-state index in [0.29, 0.717) is 37.3 Å². The van der Waals surface area contributed by atoms with Crippen LogP contribution in [0.25, 0.3) is 0 Å². The van der Waals surface area contributed by atoms with E-state index in [9.17, 15) is 19.2 Å². The molecule has 0 saturated heterocycles. The van der Waals surface area contributed by atoms with Crippen LogP contribution in [0.5, 0.6) is 0 Å². The van der Waals surface area contributed by atoms with Gasteiger partial charge in [-0.2, -0.15) is 25.3 Å². The first-order valence-corrected chi connectivity index (χ1v) is 13.0. The molecule has 16 heteroatoms. The molecule has 4 amide bonds. The minimum absolute atomic E-state index is 0.0905. The summed E-state index contributed by atoms with van der Waals surface area (Å²) in [6.45, 7) is 0.709. The first-order valence-electron chi connectivity index (χ1n) is 11.7. The van der Waals surface area contributed by atoms with Crippen molar-refractivity contribution in [3.05, 3.63) is 24.3 Å². The molecule has 1 aromatic carbocycles. The summed E-state index contributed by atoms with van der Waals surface area (Å²) in [4.78, 5) is 49.4. The third kappa shape index (κ3) is 13.6. The van der Waals surface area contributed by atoms with Crippen molar-refractivity contribution in [1.82, 2.24) is 21.3 Å². The zero-order chi connectivity index (χ0) is 28.5. The van der Waals surface area contributed by atoms with Gasteiger partial charge in [0, 0.05) is 24.5 Å². The zero-order valence-corrected chi connectivity index (χ0v) is 22.6. The second-order valence-electron chi connectivity index (χ2n) is 8.08. The number of anilines is 2. The number of hydrogen-bond acceptors (Lipinski definition) is 8. The highest BCUT2D eigenvalue weighted by atomic mass is 32.1. The second kappa shape index (κ2) is 17.7. The van der Waals surface area contributed by atoms with Gasteiger partial charge in [-0.3, -0.25) is 30.0 Å². The lowest BCUT2D eigenvalue weighted by atomic mass is 10.1. The van der Waals surface area contributed by atoms with Crippen molar-refractivity contribution in [3.63, 3.8) is 0 Å². The Morgan fingerprint density at radius 3 is 1.50 bits per heavy atom. The van der Waals surface area contributed by atoms with Crippen LogP contribution in [0.2, 0.25) is 0 Å². The van der Waals surface area contributed by atoms with Crippen LogP contribution in [0.3, 0.4) is 0 Å². The van der Waals surface area contributed by atoms with E-state index in [1.165, 1.54) is 0 Å². The van der Waals surface area contributed by atoms with Crippen LogP contribution in [-0.2, 0) is 19.2 Å². The molecule has 0 aliphatic heterocycles. The number of nitrogens with one attached hydrogen (secondary N) is 8. The normalized spacial score (nSPS) is 11.8. The quantitative estimate of drug-likeness (QED) is 0.0505. The van der Waals surface area contributed by atoms with Crippen molar-refractivity contribution in [1.29, 1.82) is 10.8 Å². The van der Waals surface area contributed by atoms with Crippen molar-refractivity contribution in [2.45, 2.75) is 37.8 Å². The summed E-state index contributed by atoms with van der Waals surface area (Å²) in [5.74, 6) is -2.33. The molecule has 0 spiro atoms. The largest absolute Gasteiger partial charge is 0.370 e. The average Bonchev–Trinajstić information content (AvgIpc) is 2.87. The highest BCUT2D eigenvalue weighted by molar-refractivity contribution is 7.81. The summed E-state index contributed by atoms with van der Waals surface area (Å²) < 4.78 is 0. The molecule has 0 radical (unpaired) electrons. The van der Waals surface area contributed by atoms with Crippen LogP contribution in [-0.4, -0.2) is 72.2 Å². The van der Waals surface area contributed by atoms with E-state index in [0.717, 1.165) is 0 Å². The molecule has 0 aromatic heterocycles. The van der Waals surface area contributed by atoms with E-state index < -0.39 is 35.7 Å². The molecular formula is C22H36N10O4S2. The van der Waals surface area contributed by atoms with Gasteiger partial charge in [0.25, 0.3) is 0 Å². The lowest BCUT2D eigenvalue weighted by molar-refractivity contribution is -0.125. The summed E-state index contributed by atoms with van der Waals surface area (Å²) in [6, 6.07) is 4.70. The lowest BCUT2D eigenvalue weighted by Gasteiger charge is -2.20. The van der Waals surface area contributed by atoms with E-state index in [2.05, 4.69) is 57.2 Å². The number of carbonyl (C=O) groups is 4. The van der Waals surface area contributed by atoms with E-state index in [-0.39, 0.29) is 36.3 Å². The van der Waals surface area contributed by atoms with E-state index in [4.69, 9.17) is 22.3 Å². The van der Waals surface area contributed by atoms with Crippen LogP contribution in [0.4, 0.5) is 11.4 Å². The van der Waals surface area contributed by atoms with Crippen LogP contribution >= 0.6 is 25.3 Å². The second-order valence-corrected chi connectivity index (χ2v) is 8.71. The molecule has 14 nitrogen and oxygen atoms in total. The molecule has 0 bridgehead atoms. The molecule has 1 rings (SSSR count). The Hall–Kier alpha value is -3.66. The number of hydrogen-bond donors (Lipinski definition) is 12. The van der Waals surface area contributed by atoms with E-state index in [1.807, 2.05) is 0 Å². The summed E-state index contributed by atoms with van der Waals surface area (Å²) in [5, 5.41) is 30.3. The Labute approximate surface area is 232 Å². The summed E-state index contributed by atoms with van der Waals surface area (Å²) >= 11 is 7.86. The van der Waals surface area contributed by atoms with Gasteiger partial charge in [-0.05, 0) is 43.9 Å². The number of thiol groups is 2. The minimum Gasteiger partial charge on any atom is -0.370 e. The number of benzene rings is 1. The molecule has 210 valence electrons. The fraction of sp³-hybridized carbons (Fsp3) is 0.455. The van der Waals surface area contributed by atoms with Crippen molar-refractivity contribution in [2.24, 2.45) is 11.5 Å². The first kappa shape index (κ1) is 32.4. The van der Waals surface area contributed by atoms with Gasteiger partial charge in [0.1, 0.15) is 12.1 Å². The van der Waals surface area contributed by atoms with Crippen LogP contribution in [0, 0.1) is 10.8 Å². The van der Waals surface area contributed by atoms with Crippen molar-refractivity contribution in [3.8, 4) is 0 Å². The van der Waals surface area contributed by atoms with Crippen molar-refractivity contribution >= 4 is 72.2 Å². The first-order chi connectivity index (χ1) is 18.0. The maximum atomic E-state index is 12.9. The Morgan fingerprint density at radius 1 is 0.763 bits per heavy atom. The fourth-order valence-corrected chi connectivity index (χ4v) is 3.39. The van der Waals surface area contributed by atoms with Gasteiger partial charge in [-0.25, -0.2) is 0 Å². The molecule has 12 N–H and O–H groups in total. The molecule has 1 aromatic rings.